The number of hydrogen-bond donors (Lipinski definition) is 2. The second kappa shape index (κ2) is 6.22. The van der Waals surface area contributed by atoms with E-state index in [9.17, 15) is 4.39 Å². The molecule has 6 heteroatoms. The summed E-state index contributed by atoms with van der Waals surface area (Å²) in [5.41, 5.74) is 9.18. The third-order valence-corrected chi connectivity index (χ3v) is 4.00. The summed E-state index contributed by atoms with van der Waals surface area (Å²) in [6.07, 6.45) is 1.48. The SMILES string of the molecule is CC(C)(C)CN(N)c1ccc(-c2ccc(F)nc2)c(Br)c1N. The maximum Gasteiger partial charge on any atom is 0.212 e. The number of nitrogen functional groups attached to an aromatic ring is 1. The van der Waals surface area contributed by atoms with Gasteiger partial charge in [0.15, 0.2) is 0 Å². The maximum atomic E-state index is 12.9. The summed E-state index contributed by atoms with van der Waals surface area (Å²) in [4.78, 5) is 3.67. The number of benzene rings is 1. The van der Waals surface area contributed by atoms with Crippen LogP contribution in [-0.2, 0) is 0 Å². The predicted octanol–water partition coefficient (Wildman–Crippen LogP) is 3.96. The molecule has 0 aliphatic rings. The van der Waals surface area contributed by atoms with Crippen molar-refractivity contribution in [2.75, 3.05) is 17.3 Å². The van der Waals surface area contributed by atoms with Gasteiger partial charge in [0.2, 0.25) is 5.95 Å². The molecule has 0 bridgehead atoms. The van der Waals surface area contributed by atoms with Gasteiger partial charge in [-0.3, -0.25) is 0 Å². The zero-order valence-corrected chi connectivity index (χ0v) is 14.5. The number of rotatable bonds is 3. The van der Waals surface area contributed by atoms with Gasteiger partial charge in [0.1, 0.15) is 0 Å². The Hall–Kier alpha value is -1.66. The van der Waals surface area contributed by atoms with E-state index in [1.165, 1.54) is 12.3 Å². The molecule has 0 spiro atoms. The number of pyridine rings is 1. The van der Waals surface area contributed by atoms with E-state index in [0.717, 1.165) is 21.3 Å². The lowest BCUT2D eigenvalue weighted by atomic mass is 9.96. The highest BCUT2D eigenvalue weighted by molar-refractivity contribution is 9.10. The number of aromatic nitrogens is 1. The second-order valence-electron chi connectivity index (χ2n) is 6.42. The summed E-state index contributed by atoms with van der Waals surface area (Å²) in [6, 6.07) is 6.75. The van der Waals surface area contributed by atoms with E-state index in [4.69, 9.17) is 11.6 Å². The Balaban J connectivity index is 2.39. The van der Waals surface area contributed by atoms with Gasteiger partial charge >= 0.3 is 0 Å². The molecular weight excluding hydrogens is 347 g/mol. The summed E-state index contributed by atoms with van der Waals surface area (Å²) >= 11 is 3.51. The standard InChI is InChI=1S/C16H20BrFN4/c1-16(2,3)9-22(20)12-6-5-11(14(17)15(12)19)10-4-7-13(18)21-8-10/h4-8H,9,19-20H2,1-3H3. The van der Waals surface area contributed by atoms with Gasteiger partial charge < -0.3 is 10.7 Å². The molecule has 118 valence electrons. The van der Waals surface area contributed by atoms with E-state index in [-0.39, 0.29) is 5.41 Å². The van der Waals surface area contributed by atoms with E-state index in [1.807, 2.05) is 12.1 Å². The van der Waals surface area contributed by atoms with Crippen LogP contribution in [0.1, 0.15) is 20.8 Å². The van der Waals surface area contributed by atoms with E-state index in [2.05, 4.69) is 41.7 Å². The smallest absolute Gasteiger partial charge is 0.212 e. The fourth-order valence-corrected chi connectivity index (χ4v) is 2.75. The van der Waals surface area contributed by atoms with Gasteiger partial charge in [0, 0.05) is 18.3 Å². The van der Waals surface area contributed by atoms with Crippen molar-refractivity contribution in [3.63, 3.8) is 0 Å². The molecule has 0 fully saturated rings. The van der Waals surface area contributed by atoms with Gasteiger partial charge in [0.05, 0.1) is 15.8 Å². The quantitative estimate of drug-likeness (QED) is 0.373. The van der Waals surface area contributed by atoms with E-state index in [0.29, 0.717) is 12.2 Å². The van der Waals surface area contributed by atoms with Crippen LogP contribution in [0, 0.1) is 11.4 Å². The van der Waals surface area contributed by atoms with Gasteiger partial charge in [0.25, 0.3) is 0 Å². The molecule has 0 amide bonds. The Morgan fingerprint density at radius 3 is 2.45 bits per heavy atom. The number of hydrazine groups is 1. The minimum atomic E-state index is -0.511. The Bertz CT molecular complexity index is 665. The average molecular weight is 367 g/mol. The Morgan fingerprint density at radius 2 is 1.91 bits per heavy atom. The van der Waals surface area contributed by atoms with Crippen LogP contribution in [-0.4, -0.2) is 11.5 Å². The summed E-state index contributed by atoms with van der Waals surface area (Å²) in [5, 5.41) is 1.65. The van der Waals surface area contributed by atoms with Crippen LogP contribution in [0.4, 0.5) is 15.8 Å². The molecule has 22 heavy (non-hydrogen) atoms. The minimum absolute atomic E-state index is 0.0488. The summed E-state index contributed by atoms with van der Waals surface area (Å²) < 4.78 is 13.7. The van der Waals surface area contributed by atoms with Crippen LogP contribution in [0.15, 0.2) is 34.9 Å². The van der Waals surface area contributed by atoms with Crippen molar-refractivity contribution in [2.45, 2.75) is 20.8 Å². The van der Waals surface area contributed by atoms with Crippen molar-refractivity contribution >= 4 is 27.3 Å². The molecule has 1 aromatic heterocycles. The summed E-state index contributed by atoms with van der Waals surface area (Å²) in [5.74, 6) is 5.62. The lowest BCUT2D eigenvalue weighted by molar-refractivity contribution is 0.412. The first-order valence-electron chi connectivity index (χ1n) is 6.91. The summed E-state index contributed by atoms with van der Waals surface area (Å²) in [6.45, 7) is 6.99. The highest BCUT2D eigenvalue weighted by Gasteiger charge is 2.18. The molecule has 0 aliphatic carbocycles. The van der Waals surface area contributed by atoms with Crippen LogP contribution >= 0.6 is 15.9 Å². The minimum Gasteiger partial charge on any atom is -0.396 e. The monoisotopic (exact) mass is 366 g/mol. The van der Waals surface area contributed by atoms with Crippen molar-refractivity contribution in [3.05, 3.63) is 40.9 Å². The fourth-order valence-electron chi connectivity index (χ4n) is 2.19. The number of nitrogens with zero attached hydrogens (tertiary/aromatic N) is 2. The molecule has 0 atom stereocenters. The molecule has 0 unspecified atom stereocenters. The lowest BCUT2D eigenvalue weighted by Gasteiger charge is -2.29. The molecule has 0 saturated heterocycles. The highest BCUT2D eigenvalue weighted by atomic mass is 79.9. The van der Waals surface area contributed by atoms with Gasteiger partial charge in [-0.1, -0.05) is 26.8 Å². The number of hydrogen-bond acceptors (Lipinski definition) is 4. The van der Waals surface area contributed by atoms with Gasteiger partial charge in [-0.15, -0.1) is 0 Å². The van der Waals surface area contributed by atoms with E-state index < -0.39 is 5.95 Å². The first-order chi connectivity index (χ1) is 10.2. The first-order valence-corrected chi connectivity index (χ1v) is 7.70. The molecule has 2 aromatic rings. The molecular formula is C16H20BrFN4. The van der Waals surface area contributed by atoms with Crippen molar-refractivity contribution in [3.8, 4) is 11.1 Å². The van der Waals surface area contributed by atoms with Crippen LogP contribution < -0.4 is 16.6 Å². The second-order valence-corrected chi connectivity index (χ2v) is 7.21. The van der Waals surface area contributed by atoms with Gasteiger partial charge in [-0.2, -0.15) is 4.39 Å². The van der Waals surface area contributed by atoms with Crippen LogP contribution in [0.3, 0.4) is 0 Å². The normalized spacial score (nSPS) is 11.5. The van der Waals surface area contributed by atoms with Crippen molar-refractivity contribution < 1.29 is 4.39 Å². The average Bonchev–Trinajstić information content (AvgIpc) is 2.41. The topological polar surface area (TPSA) is 68.2 Å². The van der Waals surface area contributed by atoms with Crippen LogP contribution in [0.5, 0.6) is 0 Å². The van der Waals surface area contributed by atoms with Crippen LogP contribution in [0.2, 0.25) is 0 Å². The Kier molecular flexibility index (Phi) is 4.72. The summed E-state index contributed by atoms with van der Waals surface area (Å²) in [7, 11) is 0. The maximum absolute atomic E-state index is 12.9. The molecule has 0 aliphatic heterocycles. The predicted molar refractivity (Wildman–Crippen MR) is 92.7 cm³/mol. The van der Waals surface area contributed by atoms with Gasteiger partial charge in [-0.05, 0) is 45.1 Å². The lowest BCUT2D eigenvalue weighted by Crippen LogP contribution is -2.38. The van der Waals surface area contributed by atoms with E-state index in [1.54, 1.807) is 11.1 Å². The highest BCUT2D eigenvalue weighted by Crippen LogP contribution is 2.38. The Labute approximate surface area is 138 Å². The van der Waals surface area contributed by atoms with Crippen molar-refractivity contribution in [2.24, 2.45) is 11.3 Å². The molecule has 4 nitrogen and oxygen atoms in total. The molecule has 1 heterocycles. The molecule has 0 saturated carbocycles. The third kappa shape index (κ3) is 3.75. The fraction of sp³-hybridized carbons (Fsp3) is 0.312. The van der Waals surface area contributed by atoms with E-state index >= 15 is 0 Å². The molecule has 0 radical (unpaired) electrons. The number of halogens is 2. The van der Waals surface area contributed by atoms with Crippen LogP contribution in [0.25, 0.3) is 11.1 Å². The largest absolute Gasteiger partial charge is 0.396 e. The molecule has 1 aromatic carbocycles. The molecule has 2 rings (SSSR count). The van der Waals surface area contributed by atoms with Crippen molar-refractivity contribution in [1.82, 2.24) is 4.98 Å². The van der Waals surface area contributed by atoms with Crippen molar-refractivity contribution in [1.29, 1.82) is 0 Å². The zero-order valence-electron chi connectivity index (χ0n) is 12.9. The Morgan fingerprint density at radius 1 is 1.23 bits per heavy atom. The number of nitrogens with two attached hydrogens (primary N) is 2. The third-order valence-electron chi connectivity index (χ3n) is 3.15. The zero-order chi connectivity index (χ0) is 16.5. The molecule has 4 N–H and O–H groups in total. The first kappa shape index (κ1) is 16.7. The van der Waals surface area contributed by atoms with Gasteiger partial charge in [-0.25, -0.2) is 10.8 Å². The number of anilines is 2.